The predicted octanol–water partition coefficient (Wildman–Crippen LogP) is 2.90. The van der Waals surface area contributed by atoms with Gasteiger partial charge in [0.2, 0.25) is 0 Å². The van der Waals surface area contributed by atoms with Gasteiger partial charge in [0, 0.05) is 0 Å². The summed E-state index contributed by atoms with van der Waals surface area (Å²) < 4.78 is 5.22. The molecule has 0 unspecified atom stereocenters. The van der Waals surface area contributed by atoms with Crippen molar-refractivity contribution in [2.45, 2.75) is 6.92 Å². The lowest BCUT2D eigenvalue weighted by Gasteiger charge is -2.10. The molecule has 2 aromatic rings. The molecule has 0 saturated carbocycles. The van der Waals surface area contributed by atoms with Crippen molar-refractivity contribution in [1.82, 2.24) is 4.98 Å². The molecule has 6 heteroatoms. The number of hydrogen-bond acceptors (Lipinski definition) is 5. The maximum atomic E-state index is 11.0. The number of nitrogens with one attached hydrogen (secondary N) is 1. The van der Waals surface area contributed by atoms with Gasteiger partial charge in [-0.25, -0.2) is 9.78 Å². The molecule has 2 N–H and O–H groups in total. The summed E-state index contributed by atoms with van der Waals surface area (Å²) in [5, 5.41) is 12.5. The Morgan fingerprint density at radius 2 is 2.28 bits per heavy atom. The summed E-state index contributed by atoms with van der Waals surface area (Å²) in [6.07, 6.45) is 0. The highest BCUT2D eigenvalue weighted by molar-refractivity contribution is 7.14. The van der Waals surface area contributed by atoms with Crippen LogP contribution >= 0.6 is 11.3 Å². The van der Waals surface area contributed by atoms with E-state index in [1.54, 1.807) is 7.11 Å². The monoisotopic (exact) mass is 264 g/mol. The van der Waals surface area contributed by atoms with Gasteiger partial charge in [-0.15, -0.1) is 11.3 Å². The number of methoxy groups -OCH3 is 1. The third-order valence-corrected chi connectivity index (χ3v) is 3.12. The summed E-state index contributed by atoms with van der Waals surface area (Å²) in [4.78, 5) is 14.8. The molecular formula is C12H12N2O3S. The van der Waals surface area contributed by atoms with Gasteiger partial charge >= 0.3 is 5.97 Å². The fourth-order valence-electron chi connectivity index (χ4n) is 1.53. The number of carbonyl (C=O) groups is 1. The molecule has 0 fully saturated rings. The first-order valence-corrected chi connectivity index (χ1v) is 6.08. The minimum absolute atomic E-state index is 0.0172. The van der Waals surface area contributed by atoms with Gasteiger partial charge in [0.05, 0.1) is 18.3 Å². The molecule has 0 aliphatic rings. The molecule has 5 nitrogen and oxygen atoms in total. The summed E-state index contributed by atoms with van der Waals surface area (Å²) in [6.45, 7) is 1.95. The van der Waals surface area contributed by atoms with Crippen molar-refractivity contribution in [3.8, 4) is 5.75 Å². The average molecular weight is 264 g/mol. The first-order chi connectivity index (χ1) is 8.61. The summed E-state index contributed by atoms with van der Waals surface area (Å²) in [5.74, 6) is -0.393. The fraction of sp³-hybridized carbons (Fsp3) is 0.167. The molecule has 94 valence electrons. The van der Waals surface area contributed by atoms with E-state index in [0.29, 0.717) is 10.8 Å². The molecule has 1 aromatic heterocycles. The van der Waals surface area contributed by atoms with Crippen molar-refractivity contribution < 1.29 is 14.6 Å². The van der Waals surface area contributed by atoms with Crippen molar-refractivity contribution in [2.24, 2.45) is 0 Å². The number of hydrogen-bond donors (Lipinski definition) is 2. The lowest BCUT2D eigenvalue weighted by atomic mass is 10.2. The Morgan fingerprint density at radius 1 is 1.50 bits per heavy atom. The maximum Gasteiger partial charge on any atom is 0.357 e. The smallest absolute Gasteiger partial charge is 0.357 e. The number of thiazole rings is 1. The molecule has 0 amide bonds. The summed E-state index contributed by atoms with van der Waals surface area (Å²) >= 11 is 1.24. The van der Waals surface area contributed by atoms with E-state index in [2.05, 4.69) is 10.3 Å². The van der Waals surface area contributed by atoms with Crippen LogP contribution in [0.1, 0.15) is 16.1 Å². The van der Waals surface area contributed by atoms with Crippen LogP contribution in [-0.2, 0) is 0 Å². The van der Waals surface area contributed by atoms with Gasteiger partial charge in [-0.3, -0.25) is 0 Å². The minimum atomic E-state index is -1.05. The molecule has 0 saturated heterocycles. The SMILES string of the molecule is COc1ccc(C)cc1Nc1scnc1C(=O)O. The quantitative estimate of drug-likeness (QED) is 0.888. The Balaban J connectivity index is 2.36. The van der Waals surface area contributed by atoms with Crippen LogP contribution in [0.25, 0.3) is 0 Å². The first-order valence-electron chi connectivity index (χ1n) is 5.20. The molecule has 2 rings (SSSR count). The van der Waals surface area contributed by atoms with Crippen molar-refractivity contribution in [3.63, 3.8) is 0 Å². The van der Waals surface area contributed by atoms with Crippen LogP contribution in [0.5, 0.6) is 5.75 Å². The number of benzene rings is 1. The molecule has 1 aromatic carbocycles. The molecule has 0 aliphatic heterocycles. The Kier molecular flexibility index (Phi) is 3.47. The molecule has 0 aliphatic carbocycles. The van der Waals surface area contributed by atoms with Crippen LogP contribution in [0.15, 0.2) is 23.7 Å². The van der Waals surface area contributed by atoms with E-state index in [1.807, 2.05) is 25.1 Å². The van der Waals surface area contributed by atoms with E-state index in [-0.39, 0.29) is 5.69 Å². The van der Waals surface area contributed by atoms with E-state index in [4.69, 9.17) is 9.84 Å². The zero-order valence-corrected chi connectivity index (χ0v) is 10.7. The van der Waals surface area contributed by atoms with Gasteiger partial charge in [0.15, 0.2) is 5.69 Å². The molecule has 0 radical (unpaired) electrons. The van der Waals surface area contributed by atoms with Crippen LogP contribution in [0, 0.1) is 6.92 Å². The highest BCUT2D eigenvalue weighted by Crippen LogP contribution is 2.31. The number of rotatable bonds is 4. The van der Waals surface area contributed by atoms with E-state index in [0.717, 1.165) is 11.3 Å². The van der Waals surface area contributed by atoms with E-state index < -0.39 is 5.97 Å². The zero-order valence-electron chi connectivity index (χ0n) is 9.93. The van der Waals surface area contributed by atoms with E-state index >= 15 is 0 Å². The second-order valence-electron chi connectivity index (χ2n) is 3.66. The molecular weight excluding hydrogens is 252 g/mol. The van der Waals surface area contributed by atoms with Gasteiger partial charge in [-0.05, 0) is 24.6 Å². The number of carboxylic acids is 1. The third-order valence-electron chi connectivity index (χ3n) is 2.37. The Bertz CT molecular complexity index is 580. The van der Waals surface area contributed by atoms with Crippen molar-refractivity contribution in [2.75, 3.05) is 12.4 Å². The van der Waals surface area contributed by atoms with Crippen LogP contribution in [0.2, 0.25) is 0 Å². The maximum absolute atomic E-state index is 11.0. The van der Waals surface area contributed by atoms with Crippen molar-refractivity contribution in [3.05, 3.63) is 35.0 Å². The minimum Gasteiger partial charge on any atom is -0.495 e. The third kappa shape index (κ3) is 2.43. The van der Waals surface area contributed by atoms with Crippen LogP contribution in [0.3, 0.4) is 0 Å². The number of anilines is 2. The van der Waals surface area contributed by atoms with Crippen LogP contribution < -0.4 is 10.1 Å². The van der Waals surface area contributed by atoms with Gasteiger partial charge in [0.25, 0.3) is 0 Å². The lowest BCUT2D eigenvalue weighted by Crippen LogP contribution is -2.02. The number of aromatic carboxylic acids is 1. The van der Waals surface area contributed by atoms with Gasteiger partial charge in [0.1, 0.15) is 10.8 Å². The number of aryl methyl sites for hydroxylation is 1. The van der Waals surface area contributed by atoms with Gasteiger partial charge in [-0.2, -0.15) is 0 Å². The molecule has 0 spiro atoms. The van der Waals surface area contributed by atoms with Crippen molar-refractivity contribution >= 4 is 28.0 Å². The summed E-state index contributed by atoms with van der Waals surface area (Å²) in [7, 11) is 1.57. The second kappa shape index (κ2) is 5.05. The predicted molar refractivity (Wildman–Crippen MR) is 70.1 cm³/mol. The van der Waals surface area contributed by atoms with Crippen molar-refractivity contribution in [1.29, 1.82) is 0 Å². The largest absolute Gasteiger partial charge is 0.495 e. The van der Waals surface area contributed by atoms with E-state index in [9.17, 15) is 4.79 Å². The molecule has 0 atom stereocenters. The highest BCUT2D eigenvalue weighted by Gasteiger charge is 2.15. The van der Waals surface area contributed by atoms with Gasteiger partial charge < -0.3 is 15.2 Å². The summed E-state index contributed by atoms with van der Waals surface area (Å²) in [6, 6.07) is 5.65. The Hall–Kier alpha value is -2.08. The normalized spacial score (nSPS) is 10.1. The number of ether oxygens (including phenoxy) is 1. The average Bonchev–Trinajstić information content (AvgIpc) is 2.77. The topological polar surface area (TPSA) is 71.5 Å². The number of nitrogens with zero attached hydrogens (tertiary/aromatic N) is 1. The van der Waals surface area contributed by atoms with Gasteiger partial charge in [-0.1, -0.05) is 6.07 Å². The van der Waals surface area contributed by atoms with Crippen LogP contribution in [0.4, 0.5) is 10.7 Å². The summed E-state index contributed by atoms with van der Waals surface area (Å²) in [5.41, 5.74) is 3.29. The first kappa shape index (κ1) is 12.4. The fourth-order valence-corrected chi connectivity index (χ4v) is 2.21. The number of aromatic nitrogens is 1. The molecule has 1 heterocycles. The van der Waals surface area contributed by atoms with E-state index in [1.165, 1.54) is 16.8 Å². The zero-order chi connectivity index (χ0) is 13.1. The highest BCUT2D eigenvalue weighted by atomic mass is 32.1. The second-order valence-corrected chi connectivity index (χ2v) is 4.52. The number of carboxylic acid groups (broad SMARTS) is 1. The molecule has 18 heavy (non-hydrogen) atoms. The standard InChI is InChI=1S/C12H12N2O3S/c1-7-3-4-9(17-2)8(5-7)14-11-10(12(15)16)13-6-18-11/h3-6,14H,1-2H3,(H,15,16). The molecule has 0 bridgehead atoms. The Morgan fingerprint density at radius 3 is 2.94 bits per heavy atom. The Labute approximate surface area is 108 Å². The lowest BCUT2D eigenvalue weighted by molar-refractivity contribution is 0.0692. The van der Waals surface area contributed by atoms with Crippen LogP contribution in [-0.4, -0.2) is 23.2 Å².